The molecule has 0 amide bonds. The summed E-state index contributed by atoms with van der Waals surface area (Å²) in [5, 5.41) is 1.23. The number of fused-ring (bicyclic) bond motifs is 2. The molecule has 5 nitrogen and oxygen atoms in total. The third-order valence-corrected chi connectivity index (χ3v) is 5.94. The van der Waals surface area contributed by atoms with Gasteiger partial charge in [-0.2, -0.15) is 0 Å². The fourth-order valence-electron chi connectivity index (χ4n) is 4.45. The van der Waals surface area contributed by atoms with Gasteiger partial charge in [-0.3, -0.25) is 4.90 Å². The molecule has 1 aliphatic heterocycles. The monoisotopic (exact) mass is 347 g/mol. The van der Waals surface area contributed by atoms with Crippen molar-refractivity contribution < 1.29 is 0 Å². The van der Waals surface area contributed by atoms with Gasteiger partial charge in [0, 0.05) is 49.5 Å². The third-order valence-electron chi connectivity index (χ3n) is 5.94. The molecule has 5 heteroatoms. The molecular weight excluding hydrogens is 322 g/mol. The molecule has 26 heavy (non-hydrogen) atoms. The second-order valence-corrected chi connectivity index (χ2v) is 7.71. The number of nitrogens with zero attached hydrogens (tertiary/aromatic N) is 4. The van der Waals surface area contributed by atoms with Crippen LogP contribution in [0.3, 0.4) is 0 Å². The van der Waals surface area contributed by atoms with Crippen LogP contribution >= 0.6 is 0 Å². The Hall–Kier alpha value is -2.27. The smallest absolute Gasteiger partial charge is 0.137 e. The zero-order valence-corrected chi connectivity index (χ0v) is 15.1. The summed E-state index contributed by atoms with van der Waals surface area (Å²) in [7, 11) is 0. The first-order valence-electron chi connectivity index (χ1n) is 9.85. The summed E-state index contributed by atoms with van der Waals surface area (Å²) in [6.07, 6.45) is 13.6. The van der Waals surface area contributed by atoms with Crippen molar-refractivity contribution in [2.24, 2.45) is 0 Å². The average Bonchev–Trinajstić information content (AvgIpc) is 3.11. The normalized spacial score (nSPS) is 18.9. The van der Waals surface area contributed by atoms with E-state index in [1.807, 2.05) is 12.3 Å². The highest BCUT2D eigenvalue weighted by Gasteiger charge is 2.23. The molecule has 1 fully saturated rings. The summed E-state index contributed by atoms with van der Waals surface area (Å²) in [4.78, 5) is 19.9. The summed E-state index contributed by atoms with van der Waals surface area (Å²) in [6, 6.07) is 4.16. The largest absolute Gasteiger partial charge is 0.346 e. The molecule has 0 saturated heterocycles. The lowest BCUT2D eigenvalue weighted by Gasteiger charge is -2.29. The van der Waals surface area contributed by atoms with Crippen LogP contribution in [0.25, 0.3) is 11.0 Å². The summed E-state index contributed by atoms with van der Waals surface area (Å²) in [6.45, 7) is 2.92. The fourth-order valence-corrected chi connectivity index (χ4v) is 4.45. The molecule has 0 spiro atoms. The van der Waals surface area contributed by atoms with E-state index in [0.29, 0.717) is 5.92 Å². The van der Waals surface area contributed by atoms with Gasteiger partial charge in [-0.1, -0.05) is 19.3 Å². The van der Waals surface area contributed by atoms with Crippen LogP contribution in [0.5, 0.6) is 0 Å². The SMILES string of the molecule is c1cnc2[nH]cc(CN3CCc4cnc(C5CCCCC5)nc4C3)c2c1. The van der Waals surface area contributed by atoms with E-state index in [1.54, 1.807) is 0 Å². The Bertz CT molecular complexity index is 910. The Morgan fingerprint density at radius 2 is 2.08 bits per heavy atom. The molecule has 1 saturated carbocycles. The van der Waals surface area contributed by atoms with Crippen molar-refractivity contribution in [1.82, 2.24) is 24.8 Å². The number of rotatable bonds is 3. The van der Waals surface area contributed by atoms with Gasteiger partial charge in [0.25, 0.3) is 0 Å². The number of hydrogen-bond donors (Lipinski definition) is 1. The number of H-pyrrole nitrogens is 1. The molecule has 1 N–H and O–H groups in total. The zero-order chi connectivity index (χ0) is 17.3. The van der Waals surface area contributed by atoms with Crippen LogP contribution in [0.2, 0.25) is 0 Å². The minimum atomic E-state index is 0.573. The Balaban J connectivity index is 1.35. The Kier molecular flexibility index (Phi) is 4.17. The molecule has 1 aliphatic carbocycles. The van der Waals surface area contributed by atoms with E-state index in [1.165, 1.54) is 54.3 Å². The Morgan fingerprint density at radius 1 is 1.15 bits per heavy atom. The summed E-state index contributed by atoms with van der Waals surface area (Å²) in [5.41, 5.74) is 4.87. The van der Waals surface area contributed by atoms with Crippen molar-refractivity contribution in [3.63, 3.8) is 0 Å². The van der Waals surface area contributed by atoms with Crippen molar-refractivity contribution in [1.29, 1.82) is 0 Å². The molecule has 0 aromatic carbocycles. The first-order chi connectivity index (χ1) is 12.9. The van der Waals surface area contributed by atoms with Crippen LogP contribution in [0.15, 0.2) is 30.7 Å². The van der Waals surface area contributed by atoms with Gasteiger partial charge in [0.2, 0.25) is 0 Å². The molecular formula is C21H25N5. The van der Waals surface area contributed by atoms with E-state index >= 15 is 0 Å². The van der Waals surface area contributed by atoms with Crippen LogP contribution in [0.4, 0.5) is 0 Å². The van der Waals surface area contributed by atoms with Gasteiger partial charge in [0.1, 0.15) is 11.5 Å². The number of aromatic amines is 1. The maximum atomic E-state index is 5.01. The topological polar surface area (TPSA) is 57.7 Å². The molecule has 3 aromatic heterocycles. The van der Waals surface area contributed by atoms with E-state index < -0.39 is 0 Å². The van der Waals surface area contributed by atoms with Crippen LogP contribution < -0.4 is 0 Å². The van der Waals surface area contributed by atoms with E-state index in [0.717, 1.165) is 37.5 Å². The fraction of sp³-hybridized carbons (Fsp3) is 0.476. The van der Waals surface area contributed by atoms with Gasteiger partial charge < -0.3 is 4.98 Å². The van der Waals surface area contributed by atoms with Gasteiger partial charge in [-0.25, -0.2) is 15.0 Å². The van der Waals surface area contributed by atoms with Crippen LogP contribution in [0.1, 0.15) is 60.7 Å². The van der Waals surface area contributed by atoms with Gasteiger partial charge in [-0.15, -0.1) is 0 Å². The third kappa shape index (κ3) is 3.01. The maximum Gasteiger partial charge on any atom is 0.137 e. The number of hydrogen-bond acceptors (Lipinski definition) is 4. The minimum absolute atomic E-state index is 0.573. The van der Waals surface area contributed by atoms with Crippen LogP contribution in [0, 0.1) is 0 Å². The molecule has 0 unspecified atom stereocenters. The molecule has 5 rings (SSSR count). The van der Waals surface area contributed by atoms with Crippen molar-refractivity contribution in [3.8, 4) is 0 Å². The first-order valence-corrected chi connectivity index (χ1v) is 9.85. The van der Waals surface area contributed by atoms with Gasteiger partial charge in [0.15, 0.2) is 0 Å². The quantitative estimate of drug-likeness (QED) is 0.779. The lowest BCUT2D eigenvalue weighted by Crippen LogP contribution is -2.31. The summed E-state index contributed by atoms with van der Waals surface area (Å²) in [5.74, 6) is 1.66. The molecule has 0 bridgehead atoms. The van der Waals surface area contributed by atoms with Gasteiger partial charge in [0.05, 0.1) is 5.69 Å². The van der Waals surface area contributed by atoms with Crippen molar-refractivity contribution >= 4 is 11.0 Å². The number of nitrogens with one attached hydrogen (secondary N) is 1. The summed E-state index contributed by atoms with van der Waals surface area (Å²) >= 11 is 0. The highest BCUT2D eigenvalue weighted by molar-refractivity contribution is 5.79. The van der Waals surface area contributed by atoms with E-state index in [2.05, 4.69) is 33.3 Å². The highest BCUT2D eigenvalue weighted by Crippen LogP contribution is 2.31. The van der Waals surface area contributed by atoms with Gasteiger partial charge in [-0.05, 0) is 42.5 Å². The molecule has 0 radical (unpaired) electrons. The number of pyridine rings is 1. The Labute approximate surface area is 153 Å². The van der Waals surface area contributed by atoms with Crippen molar-refractivity contribution in [2.45, 2.75) is 57.5 Å². The predicted octanol–water partition coefficient (Wildman–Crippen LogP) is 3.96. The van der Waals surface area contributed by atoms with Crippen LogP contribution in [-0.4, -0.2) is 31.4 Å². The maximum absolute atomic E-state index is 5.01. The highest BCUT2D eigenvalue weighted by atomic mass is 15.1. The minimum Gasteiger partial charge on any atom is -0.346 e. The lowest BCUT2D eigenvalue weighted by molar-refractivity contribution is 0.241. The molecule has 2 aliphatic rings. The van der Waals surface area contributed by atoms with E-state index in [-0.39, 0.29) is 0 Å². The molecule has 4 heterocycles. The van der Waals surface area contributed by atoms with E-state index in [9.17, 15) is 0 Å². The van der Waals surface area contributed by atoms with Crippen LogP contribution in [-0.2, 0) is 19.5 Å². The molecule has 0 atom stereocenters. The lowest BCUT2D eigenvalue weighted by atomic mass is 9.88. The Morgan fingerprint density at radius 3 is 3.00 bits per heavy atom. The average molecular weight is 347 g/mol. The molecule has 134 valence electrons. The predicted molar refractivity (Wildman–Crippen MR) is 102 cm³/mol. The number of aromatic nitrogens is 4. The summed E-state index contributed by atoms with van der Waals surface area (Å²) < 4.78 is 0. The second-order valence-electron chi connectivity index (χ2n) is 7.71. The van der Waals surface area contributed by atoms with Crippen molar-refractivity contribution in [3.05, 3.63) is 53.4 Å². The van der Waals surface area contributed by atoms with E-state index in [4.69, 9.17) is 9.97 Å². The van der Waals surface area contributed by atoms with Crippen molar-refractivity contribution in [2.75, 3.05) is 6.54 Å². The standard InChI is InChI=1S/C21H25N5/c1-2-5-15(6-3-1)20-23-11-16-8-10-26(14-19(16)25-20)13-17-12-24-21-18(17)7-4-9-22-21/h4,7,9,11-12,15H,1-3,5-6,8,10,13-14H2,(H,22,24). The molecule has 3 aromatic rings. The zero-order valence-electron chi connectivity index (χ0n) is 15.1. The second kappa shape index (κ2) is 6.80. The van der Waals surface area contributed by atoms with Gasteiger partial charge >= 0.3 is 0 Å². The first kappa shape index (κ1) is 15.9.